The zero-order valence-corrected chi connectivity index (χ0v) is 34.2. The van der Waals surface area contributed by atoms with Crippen LogP contribution in [0, 0.1) is 0 Å². The summed E-state index contributed by atoms with van der Waals surface area (Å²) in [4.78, 5) is 15.8. The minimum Gasteiger partial charge on any atom is -0.247 e. The third-order valence-corrected chi connectivity index (χ3v) is 13.3. The van der Waals surface area contributed by atoms with Crippen molar-refractivity contribution in [2.45, 2.75) is 5.41 Å². The van der Waals surface area contributed by atoms with E-state index in [1.807, 2.05) is 12.1 Å². The first kappa shape index (κ1) is 35.5. The number of para-hydroxylation sites is 1. The van der Waals surface area contributed by atoms with Gasteiger partial charge in [-0.15, -0.1) is 0 Å². The average molecular weight is 800 g/mol. The number of nitrogens with zero attached hydrogens (tertiary/aromatic N) is 3. The van der Waals surface area contributed by atoms with Gasteiger partial charge in [0.05, 0.1) is 28.0 Å². The Morgan fingerprint density at radius 3 is 1.37 bits per heavy atom. The monoisotopic (exact) mass is 799 g/mol. The summed E-state index contributed by atoms with van der Waals surface area (Å²) in [6.07, 6.45) is 0. The highest BCUT2D eigenvalue weighted by Gasteiger charge is 2.51. The topological polar surface area (TPSA) is 38.7 Å². The van der Waals surface area contributed by atoms with Crippen molar-refractivity contribution in [2.24, 2.45) is 0 Å². The van der Waals surface area contributed by atoms with Crippen LogP contribution in [0.1, 0.15) is 22.3 Å². The van der Waals surface area contributed by atoms with Gasteiger partial charge in [-0.2, -0.15) is 0 Å². The molecule has 63 heavy (non-hydrogen) atoms. The minimum atomic E-state index is -0.420. The van der Waals surface area contributed by atoms with Crippen molar-refractivity contribution in [1.82, 2.24) is 15.0 Å². The minimum absolute atomic E-state index is 0.420. The first-order valence-electron chi connectivity index (χ1n) is 21.6. The van der Waals surface area contributed by atoms with Gasteiger partial charge < -0.3 is 0 Å². The lowest BCUT2D eigenvalue weighted by Crippen LogP contribution is -2.25. The van der Waals surface area contributed by atoms with Gasteiger partial charge in [0.15, 0.2) is 5.82 Å². The van der Waals surface area contributed by atoms with Crippen LogP contribution in [0.5, 0.6) is 0 Å². The van der Waals surface area contributed by atoms with E-state index in [0.29, 0.717) is 5.82 Å². The van der Waals surface area contributed by atoms with E-state index < -0.39 is 5.41 Å². The molecule has 3 nitrogen and oxygen atoms in total. The molecule has 0 amide bonds. The second-order valence-electron chi connectivity index (χ2n) is 16.7. The molecular weight excluding hydrogens is 763 g/mol. The predicted molar refractivity (Wildman–Crippen MR) is 258 cm³/mol. The third-order valence-electron chi connectivity index (χ3n) is 13.3. The molecule has 1 spiro atoms. The Bertz CT molecular complexity index is 3550. The van der Waals surface area contributed by atoms with Crippen LogP contribution < -0.4 is 0 Å². The van der Waals surface area contributed by atoms with Crippen molar-refractivity contribution in [1.29, 1.82) is 0 Å². The Morgan fingerprint density at radius 2 is 0.730 bits per heavy atom. The van der Waals surface area contributed by atoms with Gasteiger partial charge in [0.2, 0.25) is 0 Å². The summed E-state index contributed by atoms with van der Waals surface area (Å²) < 4.78 is 0. The van der Waals surface area contributed by atoms with Crippen molar-refractivity contribution in [3.8, 4) is 78.5 Å². The Hall–Kier alpha value is -8.27. The third kappa shape index (κ3) is 5.36. The maximum atomic E-state index is 5.42. The van der Waals surface area contributed by atoms with Gasteiger partial charge in [0.1, 0.15) is 0 Å². The summed E-state index contributed by atoms with van der Waals surface area (Å²) >= 11 is 0. The summed E-state index contributed by atoms with van der Waals surface area (Å²) in [5.74, 6) is 0.679. The molecule has 0 saturated heterocycles. The summed E-state index contributed by atoms with van der Waals surface area (Å²) in [6, 6.07) is 80.8. The van der Waals surface area contributed by atoms with Gasteiger partial charge in [-0.3, -0.25) is 0 Å². The van der Waals surface area contributed by atoms with Crippen LogP contribution in [-0.2, 0) is 5.41 Å². The van der Waals surface area contributed by atoms with Crippen LogP contribution in [0.25, 0.3) is 100 Å². The van der Waals surface area contributed by atoms with E-state index in [1.54, 1.807) is 0 Å². The highest BCUT2D eigenvalue weighted by Crippen LogP contribution is 2.63. The van der Waals surface area contributed by atoms with E-state index in [2.05, 4.69) is 212 Å². The molecule has 0 saturated carbocycles. The van der Waals surface area contributed by atoms with Gasteiger partial charge >= 0.3 is 0 Å². The van der Waals surface area contributed by atoms with Crippen LogP contribution in [0.4, 0.5) is 0 Å². The Morgan fingerprint density at radius 1 is 0.270 bits per heavy atom. The molecule has 3 heteroatoms. The molecule has 11 aromatic rings. The highest BCUT2D eigenvalue weighted by atomic mass is 14.9. The zero-order chi connectivity index (χ0) is 41.5. The lowest BCUT2D eigenvalue weighted by atomic mass is 9.70. The summed E-state index contributed by atoms with van der Waals surface area (Å²) in [5.41, 5.74) is 20.2. The van der Waals surface area contributed by atoms with Crippen molar-refractivity contribution in [3.63, 3.8) is 0 Å². The second-order valence-corrected chi connectivity index (χ2v) is 16.7. The standard InChI is InChI=1S/C60H37N3/c1-3-15-38(16-4-1)39-27-29-41(30-28-39)57-37-56(40-17-5-2-6-18-40)62-59(63-57)43-33-31-42(32-34-43)58-50-35-49-46-21-9-13-25-53(46)60(54(49)36-48(50)47-22-10-14-26-55(47)61-58)51-23-11-7-19-44(51)45-20-8-12-24-52(45)60/h1-37H. The number of rotatable bonds is 5. The van der Waals surface area contributed by atoms with Gasteiger partial charge in [-0.25, -0.2) is 15.0 Å². The van der Waals surface area contributed by atoms with Crippen molar-refractivity contribution >= 4 is 21.7 Å². The van der Waals surface area contributed by atoms with E-state index in [-0.39, 0.29) is 0 Å². The smallest absolute Gasteiger partial charge is 0.160 e. The fourth-order valence-electron chi connectivity index (χ4n) is 10.5. The SMILES string of the molecule is c1ccc(-c2ccc(-c3cc(-c4ccccc4)nc(-c4ccc(-c5nc6ccccc6c6cc7c(cc56)-c5ccccc5C75c6ccccc6-c6ccccc65)cc4)n3)cc2)cc1. The number of hydrogen-bond donors (Lipinski definition) is 0. The summed E-state index contributed by atoms with van der Waals surface area (Å²) in [7, 11) is 0. The highest BCUT2D eigenvalue weighted by molar-refractivity contribution is 6.14. The molecule has 2 aromatic heterocycles. The molecule has 292 valence electrons. The number of benzene rings is 9. The molecule has 2 aliphatic rings. The quantitative estimate of drug-likeness (QED) is 0.163. The van der Waals surface area contributed by atoms with Crippen molar-refractivity contribution in [3.05, 3.63) is 247 Å². The summed E-state index contributed by atoms with van der Waals surface area (Å²) in [5, 5.41) is 3.49. The van der Waals surface area contributed by atoms with E-state index in [1.165, 1.54) is 61.0 Å². The number of hydrogen-bond acceptors (Lipinski definition) is 3. The lowest BCUT2D eigenvalue weighted by molar-refractivity contribution is 0.795. The Kier molecular flexibility index (Phi) is 7.82. The van der Waals surface area contributed by atoms with E-state index in [4.69, 9.17) is 15.0 Å². The maximum Gasteiger partial charge on any atom is 0.160 e. The van der Waals surface area contributed by atoms with Crippen LogP contribution in [0.15, 0.2) is 224 Å². The van der Waals surface area contributed by atoms with E-state index in [9.17, 15) is 0 Å². The molecule has 0 N–H and O–H groups in total. The Balaban J connectivity index is 0.970. The zero-order valence-electron chi connectivity index (χ0n) is 34.2. The summed E-state index contributed by atoms with van der Waals surface area (Å²) in [6.45, 7) is 0. The molecule has 0 aliphatic heterocycles. The number of fused-ring (bicyclic) bond motifs is 13. The largest absolute Gasteiger partial charge is 0.247 e. The fourth-order valence-corrected chi connectivity index (χ4v) is 10.5. The van der Waals surface area contributed by atoms with Crippen LogP contribution in [0.3, 0.4) is 0 Å². The molecule has 9 aromatic carbocycles. The predicted octanol–water partition coefficient (Wildman–Crippen LogP) is 14.9. The molecule has 0 bridgehead atoms. The second kappa shape index (κ2) is 13.9. The van der Waals surface area contributed by atoms with E-state index >= 15 is 0 Å². The van der Waals surface area contributed by atoms with E-state index in [0.717, 1.165) is 55.6 Å². The van der Waals surface area contributed by atoms with Gasteiger partial charge in [-0.05, 0) is 85.3 Å². The Labute approximate surface area is 365 Å². The van der Waals surface area contributed by atoms with Crippen LogP contribution in [0.2, 0.25) is 0 Å². The van der Waals surface area contributed by atoms with Crippen molar-refractivity contribution < 1.29 is 0 Å². The first-order chi connectivity index (χ1) is 31.2. The van der Waals surface area contributed by atoms with Gasteiger partial charge in [0.25, 0.3) is 0 Å². The average Bonchev–Trinajstić information content (AvgIpc) is 3.83. The lowest BCUT2D eigenvalue weighted by Gasteiger charge is -2.30. The molecule has 0 unspecified atom stereocenters. The van der Waals surface area contributed by atoms with Crippen LogP contribution in [-0.4, -0.2) is 15.0 Å². The van der Waals surface area contributed by atoms with Crippen molar-refractivity contribution in [2.75, 3.05) is 0 Å². The van der Waals surface area contributed by atoms with Gasteiger partial charge in [0, 0.05) is 33.0 Å². The normalized spacial score (nSPS) is 12.9. The first-order valence-corrected chi connectivity index (χ1v) is 21.6. The van der Waals surface area contributed by atoms with Crippen LogP contribution >= 0.6 is 0 Å². The van der Waals surface area contributed by atoms with Gasteiger partial charge in [-0.1, -0.05) is 200 Å². The number of pyridine rings is 1. The molecule has 0 atom stereocenters. The number of aromatic nitrogens is 3. The molecular formula is C60H37N3. The molecule has 2 heterocycles. The fraction of sp³-hybridized carbons (Fsp3) is 0.0167. The molecule has 13 rings (SSSR count). The molecule has 0 fully saturated rings. The maximum absolute atomic E-state index is 5.42. The molecule has 0 radical (unpaired) electrons. The molecule has 2 aliphatic carbocycles.